The minimum absolute atomic E-state index is 0.185. The third kappa shape index (κ3) is 6.30. The maximum atomic E-state index is 11.6. The molecule has 0 heterocycles. The average molecular weight is 329 g/mol. The smallest absolute Gasteiger partial charge is 0.431 e. The van der Waals surface area contributed by atoms with Gasteiger partial charge in [0.2, 0.25) is 0 Å². The maximum Gasteiger partial charge on any atom is 0.431 e. The van der Waals surface area contributed by atoms with E-state index in [9.17, 15) is 4.79 Å². The Morgan fingerprint density at radius 1 is 0.958 bits per heavy atom. The first-order chi connectivity index (χ1) is 11.4. The van der Waals surface area contributed by atoms with E-state index >= 15 is 0 Å². The molecule has 24 heavy (non-hydrogen) atoms. The third-order valence-corrected chi connectivity index (χ3v) is 2.99. The van der Waals surface area contributed by atoms with Crippen molar-refractivity contribution in [2.24, 2.45) is 0 Å². The van der Waals surface area contributed by atoms with Gasteiger partial charge in [-0.1, -0.05) is 48.5 Å². The van der Waals surface area contributed by atoms with Crippen molar-refractivity contribution in [3.8, 4) is 5.75 Å². The lowest BCUT2D eigenvalue weighted by Gasteiger charge is -2.19. The fourth-order valence-electron chi connectivity index (χ4n) is 1.97. The van der Waals surface area contributed by atoms with Gasteiger partial charge in [0, 0.05) is 5.56 Å². The molecule has 0 atom stereocenters. The van der Waals surface area contributed by atoms with Gasteiger partial charge >= 0.3 is 6.09 Å². The van der Waals surface area contributed by atoms with Crippen LogP contribution in [0.3, 0.4) is 0 Å². The van der Waals surface area contributed by atoms with Gasteiger partial charge in [-0.25, -0.2) is 4.79 Å². The Balaban J connectivity index is 1.86. The zero-order chi connectivity index (χ0) is 17.4. The summed E-state index contributed by atoms with van der Waals surface area (Å²) in [5.74, 6) is 0.715. The number of para-hydroxylation sites is 1. The van der Waals surface area contributed by atoms with Crippen molar-refractivity contribution >= 4 is 6.09 Å². The highest BCUT2D eigenvalue weighted by Crippen LogP contribution is 2.20. The molecule has 0 saturated heterocycles. The summed E-state index contributed by atoms with van der Waals surface area (Å²) in [6.07, 6.45) is -0.620. The lowest BCUT2D eigenvalue weighted by molar-refractivity contribution is -0.0142. The van der Waals surface area contributed by atoms with Crippen LogP contribution in [0.4, 0.5) is 4.79 Å². The Morgan fingerprint density at radius 3 is 2.33 bits per heavy atom. The second-order valence-electron chi connectivity index (χ2n) is 6.27. The molecule has 0 spiro atoms. The number of carbonyl (C=O) groups excluding carboxylic acids is 1. The number of hydroxylamine groups is 1. The van der Waals surface area contributed by atoms with Gasteiger partial charge in [0.15, 0.2) is 0 Å². The van der Waals surface area contributed by atoms with Crippen LogP contribution in [-0.2, 0) is 22.8 Å². The zero-order valence-electron chi connectivity index (χ0n) is 14.2. The predicted molar refractivity (Wildman–Crippen MR) is 91.4 cm³/mol. The fraction of sp³-hybridized carbons (Fsp3) is 0.316. The van der Waals surface area contributed by atoms with Gasteiger partial charge in [-0.05, 0) is 32.4 Å². The summed E-state index contributed by atoms with van der Waals surface area (Å²) in [5, 5.41) is 0. The number of hydrogen-bond acceptors (Lipinski definition) is 4. The summed E-state index contributed by atoms with van der Waals surface area (Å²) in [4.78, 5) is 16.8. The number of nitrogens with one attached hydrogen (secondary N) is 1. The Labute approximate surface area is 142 Å². The third-order valence-electron chi connectivity index (χ3n) is 2.99. The Morgan fingerprint density at radius 2 is 1.62 bits per heavy atom. The van der Waals surface area contributed by atoms with Crippen LogP contribution in [0, 0.1) is 0 Å². The molecule has 0 radical (unpaired) electrons. The first kappa shape index (κ1) is 17.8. The summed E-state index contributed by atoms with van der Waals surface area (Å²) >= 11 is 0. The first-order valence-corrected chi connectivity index (χ1v) is 7.79. The van der Waals surface area contributed by atoms with Crippen LogP contribution < -0.4 is 10.2 Å². The zero-order valence-corrected chi connectivity index (χ0v) is 14.2. The Bertz CT molecular complexity index is 650. The molecule has 0 aliphatic rings. The second-order valence-corrected chi connectivity index (χ2v) is 6.27. The maximum absolute atomic E-state index is 11.6. The number of amides is 1. The van der Waals surface area contributed by atoms with E-state index in [4.69, 9.17) is 14.3 Å². The topological polar surface area (TPSA) is 56.8 Å². The Hall–Kier alpha value is -2.53. The minimum Gasteiger partial charge on any atom is -0.489 e. The van der Waals surface area contributed by atoms with Gasteiger partial charge in [0.1, 0.15) is 24.6 Å². The number of benzene rings is 2. The molecule has 0 bridgehead atoms. The van der Waals surface area contributed by atoms with Crippen LogP contribution in [-0.4, -0.2) is 11.7 Å². The van der Waals surface area contributed by atoms with E-state index in [1.54, 1.807) is 20.8 Å². The summed E-state index contributed by atoms with van der Waals surface area (Å²) in [7, 11) is 0. The monoisotopic (exact) mass is 329 g/mol. The van der Waals surface area contributed by atoms with E-state index in [0.29, 0.717) is 12.4 Å². The largest absolute Gasteiger partial charge is 0.489 e. The second kappa shape index (κ2) is 8.36. The molecule has 0 unspecified atom stereocenters. The molecular weight excluding hydrogens is 306 g/mol. The quantitative estimate of drug-likeness (QED) is 0.806. The van der Waals surface area contributed by atoms with Gasteiger partial charge in [-0.2, -0.15) is 5.48 Å². The van der Waals surface area contributed by atoms with Crippen molar-refractivity contribution in [3.05, 3.63) is 65.7 Å². The van der Waals surface area contributed by atoms with Crippen LogP contribution in [0.25, 0.3) is 0 Å². The first-order valence-electron chi connectivity index (χ1n) is 7.79. The molecule has 2 aromatic carbocycles. The van der Waals surface area contributed by atoms with Crippen molar-refractivity contribution in [1.82, 2.24) is 5.48 Å². The number of ether oxygens (including phenoxy) is 2. The highest BCUT2D eigenvalue weighted by atomic mass is 16.7. The van der Waals surface area contributed by atoms with Crippen LogP contribution in [0.5, 0.6) is 5.75 Å². The number of carbonyl (C=O) groups is 1. The molecule has 0 aromatic heterocycles. The molecule has 128 valence electrons. The van der Waals surface area contributed by atoms with Crippen molar-refractivity contribution < 1.29 is 19.1 Å². The van der Waals surface area contributed by atoms with E-state index in [1.165, 1.54) is 0 Å². The standard InChI is InChI=1S/C19H23NO4/c1-19(2,3)24-18(21)20-23-14-16-11-7-8-12-17(16)22-13-15-9-5-4-6-10-15/h4-12H,13-14H2,1-3H3,(H,20,21). The van der Waals surface area contributed by atoms with Gasteiger partial charge in [0.05, 0.1) is 0 Å². The molecule has 5 heteroatoms. The molecule has 1 N–H and O–H groups in total. The van der Waals surface area contributed by atoms with Gasteiger partial charge in [0.25, 0.3) is 0 Å². The minimum atomic E-state index is -0.620. The fourth-order valence-corrected chi connectivity index (χ4v) is 1.97. The molecule has 2 rings (SSSR count). The summed E-state index contributed by atoms with van der Waals surface area (Å²) in [5.41, 5.74) is 3.63. The molecule has 1 amide bonds. The predicted octanol–water partition coefficient (Wildman–Crippen LogP) is 4.22. The van der Waals surface area contributed by atoms with E-state index in [-0.39, 0.29) is 6.61 Å². The van der Waals surface area contributed by atoms with E-state index in [2.05, 4.69) is 5.48 Å². The molecular formula is C19H23NO4. The molecule has 5 nitrogen and oxygen atoms in total. The highest BCUT2D eigenvalue weighted by molar-refractivity contribution is 5.66. The van der Waals surface area contributed by atoms with Gasteiger partial charge in [-0.15, -0.1) is 0 Å². The molecule has 0 fully saturated rings. The van der Waals surface area contributed by atoms with Crippen molar-refractivity contribution in [2.75, 3.05) is 0 Å². The van der Waals surface area contributed by atoms with Crippen LogP contribution >= 0.6 is 0 Å². The van der Waals surface area contributed by atoms with Crippen LogP contribution in [0.15, 0.2) is 54.6 Å². The van der Waals surface area contributed by atoms with Crippen LogP contribution in [0.2, 0.25) is 0 Å². The summed E-state index contributed by atoms with van der Waals surface area (Å²) in [6, 6.07) is 17.5. The lowest BCUT2D eigenvalue weighted by Crippen LogP contribution is -2.32. The van der Waals surface area contributed by atoms with Crippen LogP contribution in [0.1, 0.15) is 31.9 Å². The average Bonchev–Trinajstić information content (AvgIpc) is 2.53. The van der Waals surface area contributed by atoms with Gasteiger partial charge < -0.3 is 9.47 Å². The number of rotatable bonds is 6. The van der Waals surface area contributed by atoms with Crippen molar-refractivity contribution in [3.63, 3.8) is 0 Å². The van der Waals surface area contributed by atoms with Gasteiger partial charge in [-0.3, -0.25) is 4.84 Å². The number of hydrogen-bond donors (Lipinski definition) is 1. The van der Waals surface area contributed by atoms with E-state index in [1.807, 2.05) is 54.6 Å². The molecule has 0 saturated carbocycles. The highest BCUT2D eigenvalue weighted by Gasteiger charge is 2.16. The molecule has 0 aliphatic heterocycles. The SMILES string of the molecule is CC(C)(C)OC(=O)NOCc1ccccc1OCc1ccccc1. The summed E-state index contributed by atoms with van der Waals surface area (Å²) in [6.45, 7) is 6.03. The van der Waals surface area contributed by atoms with E-state index in [0.717, 1.165) is 11.1 Å². The Kier molecular flexibility index (Phi) is 6.21. The molecule has 0 aliphatic carbocycles. The van der Waals surface area contributed by atoms with Crippen molar-refractivity contribution in [1.29, 1.82) is 0 Å². The summed E-state index contributed by atoms with van der Waals surface area (Å²) < 4.78 is 10.9. The lowest BCUT2D eigenvalue weighted by atomic mass is 10.2. The van der Waals surface area contributed by atoms with E-state index < -0.39 is 11.7 Å². The normalized spacial score (nSPS) is 11.0. The molecule has 2 aromatic rings. The van der Waals surface area contributed by atoms with Crippen molar-refractivity contribution in [2.45, 2.75) is 39.6 Å².